The molecule has 2 N–H and O–H groups in total. The minimum absolute atomic E-state index is 0.285. The lowest BCUT2D eigenvalue weighted by atomic mass is 10.1. The van der Waals surface area contributed by atoms with E-state index in [1.54, 1.807) is 13.2 Å². The van der Waals surface area contributed by atoms with Gasteiger partial charge in [-0.3, -0.25) is 4.99 Å². The van der Waals surface area contributed by atoms with Crippen molar-refractivity contribution in [3.63, 3.8) is 0 Å². The van der Waals surface area contributed by atoms with Gasteiger partial charge < -0.3 is 24.5 Å². The molecule has 1 aromatic heterocycles. The van der Waals surface area contributed by atoms with Crippen molar-refractivity contribution in [1.29, 1.82) is 0 Å². The molecule has 1 fully saturated rings. The van der Waals surface area contributed by atoms with Gasteiger partial charge in [0.05, 0.1) is 25.5 Å². The fourth-order valence-electron chi connectivity index (χ4n) is 2.99. The Morgan fingerprint density at radius 3 is 2.89 bits per heavy atom. The Morgan fingerprint density at radius 1 is 1.29 bits per heavy atom. The lowest BCUT2D eigenvalue weighted by Crippen LogP contribution is -2.37. The van der Waals surface area contributed by atoms with E-state index in [0.29, 0.717) is 31.6 Å². The van der Waals surface area contributed by atoms with Crippen molar-refractivity contribution in [2.45, 2.75) is 38.8 Å². The first-order valence-corrected chi connectivity index (χ1v) is 9.90. The number of benzene rings is 1. The molecule has 1 atom stereocenters. The largest absolute Gasteiger partial charge is 0.439 e. The van der Waals surface area contributed by atoms with Crippen molar-refractivity contribution < 1.29 is 13.9 Å². The van der Waals surface area contributed by atoms with E-state index in [1.165, 1.54) is 5.56 Å². The van der Waals surface area contributed by atoms with Crippen LogP contribution in [-0.4, -0.2) is 50.5 Å². The van der Waals surface area contributed by atoms with Crippen LogP contribution in [0.2, 0.25) is 0 Å². The van der Waals surface area contributed by atoms with Crippen molar-refractivity contribution in [3.8, 4) is 11.3 Å². The van der Waals surface area contributed by atoms with Crippen molar-refractivity contribution >= 4 is 5.96 Å². The smallest absolute Gasteiger partial charge is 0.214 e. The van der Waals surface area contributed by atoms with Gasteiger partial charge in [-0.1, -0.05) is 29.8 Å². The van der Waals surface area contributed by atoms with E-state index in [-0.39, 0.29) is 6.10 Å². The molecule has 1 aliphatic rings. The Balaban J connectivity index is 1.33. The second kappa shape index (κ2) is 10.8. The molecule has 7 heteroatoms. The van der Waals surface area contributed by atoms with Crippen LogP contribution in [-0.2, 0) is 16.0 Å². The highest BCUT2D eigenvalue weighted by atomic mass is 16.5. The average molecular weight is 386 g/mol. The summed E-state index contributed by atoms with van der Waals surface area (Å²) in [5, 5.41) is 6.49. The number of aliphatic imine (C=N–C) groups is 1. The fourth-order valence-corrected chi connectivity index (χ4v) is 2.99. The van der Waals surface area contributed by atoms with Crippen LogP contribution in [0.1, 0.15) is 30.7 Å². The van der Waals surface area contributed by atoms with E-state index < -0.39 is 0 Å². The zero-order valence-electron chi connectivity index (χ0n) is 16.7. The molecule has 152 valence electrons. The Hall–Kier alpha value is -2.38. The molecule has 0 aliphatic carbocycles. The summed E-state index contributed by atoms with van der Waals surface area (Å²) in [7, 11) is 1.75. The Morgan fingerprint density at radius 2 is 2.14 bits per heavy atom. The van der Waals surface area contributed by atoms with Crippen LogP contribution in [0.15, 0.2) is 39.9 Å². The van der Waals surface area contributed by atoms with Gasteiger partial charge in [0, 0.05) is 32.4 Å². The highest BCUT2D eigenvalue weighted by molar-refractivity contribution is 5.79. The standard InChI is InChI=1S/C21H30N4O3/c1-16-6-8-17(9-7-16)19-13-24-20(28-19)14-25-21(22-2)23-10-4-11-26-15-18-5-3-12-27-18/h6-9,13,18H,3-5,10-12,14-15H2,1-2H3,(H2,22,23,25). The zero-order chi connectivity index (χ0) is 19.6. The van der Waals surface area contributed by atoms with Crippen LogP contribution in [0.5, 0.6) is 0 Å². The SMILES string of the molecule is CN=C(NCCCOCC1CCCO1)NCc1ncc(-c2ccc(C)cc2)o1. The number of hydrogen-bond acceptors (Lipinski definition) is 5. The van der Waals surface area contributed by atoms with E-state index in [9.17, 15) is 0 Å². The second-order valence-electron chi connectivity index (χ2n) is 6.90. The minimum atomic E-state index is 0.285. The molecule has 1 saturated heterocycles. The third-order valence-electron chi connectivity index (χ3n) is 4.61. The number of aromatic nitrogens is 1. The van der Waals surface area contributed by atoms with Crippen molar-refractivity contribution in [3.05, 3.63) is 41.9 Å². The molecule has 2 heterocycles. The maximum Gasteiger partial charge on any atom is 0.214 e. The van der Waals surface area contributed by atoms with Crippen molar-refractivity contribution in [1.82, 2.24) is 15.6 Å². The number of guanidine groups is 1. The minimum Gasteiger partial charge on any atom is -0.439 e. The molecular weight excluding hydrogens is 356 g/mol. The molecule has 1 aromatic carbocycles. The fraction of sp³-hybridized carbons (Fsp3) is 0.524. The Labute approximate surface area is 166 Å². The van der Waals surface area contributed by atoms with Gasteiger partial charge in [0.2, 0.25) is 5.89 Å². The Kier molecular flexibility index (Phi) is 7.87. The number of nitrogens with zero attached hydrogens (tertiary/aromatic N) is 2. The molecule has 7 nitrogen and oxygen atoms in total. The number of oxazole rings is 1. The highest BCUT2D eigenvalue weighted by Crippen LogP contribution is 2.20. The summed E-state index contributed by atoms with van der Waals surface area (Å²) in [6.07, 6.45) is 5.20. The lowest BCUT2D eigenvalue weighted by Gasteiger charge is -2.12. The maximum atomic E-state index is 5.82. The van der Waals surface area contributed by atoms with Crippen molar-refractivity contribution in [2.24, 2.45) is 4.99 Å². The number of aryl methyl sites for hydroxylation is 1. The predicted octanol–water partition coefficient (Wildman–Crippen LogP) is 2.90. The van der Waals surface area contributed by atoms with Gasteiger partial charge >= 0.3 is 0 Å². The van der Waals surface area contributed by atoms with Crippen LogP contribution in [0.4, 0.5) is 0 Å². The molecule has 3 rings (SSSR count). The molecule has 2 aromatic rings. The number of hydrogen-bond donors (Lipinski definition) is 2. The lowest BCUT2D eigenvalue weighted by molar-refractivity contribution is 0.0168. The summed E-state index contributed by atoms with van der Waals surface area (Å²) >= 11 is 0. The zero-order valence-corrected chi connectivity index (χ0v) is 16.7. The predicted molar refractivity (Wildman–Crippen MR) is 109 cm³/mol. The average Bonchev–Trinajstić information content (AvgIpc) is 3.39. The van der Waals surface area contributed by atoms with E-state index >= 15 is 0 Å². The quantitative estimate of drug-likeness (QED) is 0.392. The summed E-state index contributed by atoms with van der Waals surface area (Å²) in [5.74, 6) is 2.11. The first-order valence-electron chi connectivity index (χ1n) is 9.90. The summed E-state index contributed by atoms with van der Waals surface area (Å²) in [4.78, 5) is 8.56. The van der Waals surface area contributed by atoms with E-state index in [4.69, 9.17) is 13.9 Å². The normalized spacial score (nSPS) is 17.1. The van der Waals surface area contributed by atoms with Crippen LogP contribution < -0.4 is 10.6 Å². The van der Waals surface area contributed by atoms with Crippen LogP contribution in [0, 0.1) is 6.92 Å². The molecule has 0 bridgehead atoms. The maximum absolute atomic E-state index is 5.82. The third kappa shape index (κ3) is 6.35. The number of nitrogens with one attached hydrogen (secondary N) is 2. The third-order valence-corrected chi connectivity index (χ3v) is 4.61. The summed E-state index contributed by atoms with van der Waals surface area (Å²) < 4.78 is 17.0. The summed E-state index contributed by atoms with van der Waals surface area (Å²) in [6, 6.07) is 8.20. The van der Waals surface area contributed by atoms with Gasteiger partial charge in [-0.25, -0.2) is 4.98 Å². The topological polar surface area (TPSA) is 80.9 Å². The molecule has 0 saturated carbocycles. The van der Waals surface area contributed by atoms with Gasteiger partial charge in [0.15, 0.2) is 11.7 Å². The van der Waals surface area contributed by atoms with Crippen LogP contribution >= 0.6 is 0 Å². The van der Waals surface area contributed by atoms with Gasteiger partial charge in [-0.2, -0.15) is 0 Å². The molecular formula is C21H30N4O3. The Bertz CT molecular complexity index is 736. The van der Waals surface area contributed by atoms with Crippen LogP contribution in [0.25, 0.3) is 11.3 Å². The molecule has 28 heavy (non-hydrogen) atoms. The first-order chi connectivity index (χ1) is 13.7. The van der Waals surface area contributed by atoms with Gasteiger partial charge in [0.1, 0.15) is 0 Å². The molecule has 0 amide bonds. The number of rotatable bonds is 9. The van der Waals surface area contributed by atoms with E-state index in [2.05, 4.69) is 39.7 Å². The second-order valence-corrected chi connectivity index (χ2v) is 6.90. The molecule has 0 spiro atoms. The van der Waals surface area contributed by atoms with Crippen molar-refractivity contribution in [2.75, 3.05) is 33.4 Å². The summed E-state index contributed by atoms with van der Waals surface area (Å²) in [6.45, 7) is 5.60. The highest BCUT2D eigenvalue weighted by Gasteiger charge is 2.14. The van der Waals surface area contributed by atoms with E-state index in [0.717, 1.165) is 43.7 Å². The monoisotopic (exact) mass is 386 g/mol. The summed E-state index contributed by atoms with van der Waals surface area (Å²) in [5.41, 5.74) is 2.24. The van der Waals surface area contributed by atoms with Gasteiger partial charge in [0.25, 0.3) is 0 Å². The number of ether oxygens (including phenoxy) is 2. The van der Waals surface area contributed by atoms with Gasteiger partial charge in [-0.15, -0.1) is 0 Å². The van der Waals surface area contributed by atoms with E-state index in [1.807, 2.05) is 12.1 Å². The van der Waals surface area contributed by atoms with Crippen LogP contribution in [0.3, 0.4) is 0 Å². The first kappa shape index (κ1) is 20.4. The molecule has 1 unspecified atom stereocenters. The van der Waals surface area contributed by atoms with Gasteiger partial charge in [-0.05, 0) is 26.2 Å². The molecule has 1 aliphatic heterocycles. The molecule has 0 radical (unpaired) electrons.